The molecule has 0 aliphatic carbocycles. The van der Waals surface area contributed by atoms with Crippen LogP contribution in [0, 0.1) is 6.92 Å². The van der Waals surface area contributed by atoms with Crippen LogP contribution in [0.3, 0.4) is 0 Å². The molecule has 0 unspecified atom stereocenters. The highest BCUT2D eigenvalue weighted by Crippen LogP contribution is 2.01. The molecule has 0 aromatic carbocycles. The van der Waals surface area contributed by atoms with Gasteiger partial charge in [-0.3, -0.25) is 4.98 Å². The van der Waals surface area contributed by atoms with E-state index in [2.05, 4.69) is 29.4 Å². The summed E-state index contributed by atoms with van der Waals surface area (Å²) in [6.45, 7) is 6.46. The Labute approximate surface area is 86.8 Å². The van der Waals surface area contributed by atoms with Gasteiger partial charge in [-0.1, -0.05) is 13.0 Å². The molecule has 0 aliphatic heterocycles. The van der Waals surface area contributed by atoms with Crippen molar-refractivity contribution in [1.29, 1.82) is 0 Å². The lowest BCUT2D eigenvalue weighted by Gasteiger charge is -2.03. The van der Waals surface area contributed by atoms with Gasteiger partial charge in [-0.25, -0.2) is 0 Å². The van der Waals surface area contributed by atoms with Crippen LogP contribution in [0.15, 0.2) is 18.3 Å². The van der Waals surface area contributed by atoms with E-state index in [-0.39, 0.29) is 0 Å². The topological polar surface area (TPSA) is 24.9 Å². The molecule has 1 N–H and O–H groups in total. The summed E-state index contributed by atoms with van der Waals surface area (Å²) in [4.78, 5) is 4.27. The average Bonchev–Trinajstić information content (AvgIpc) is 2.21. The molecule has 2 heteroatoms. The third-order valence-electron chi connectivity index (χ3n) is 2.22. The van der Waals surface area contributed by atoms with Gasteiger partial charge in [0.2, 0.25) is 0 Å². The highest BCUT2D eigenvalue weighted by molar-refractivity contribution is 5.13. The van der Waals surface area contributed by atoms with Gasteiger partial charge in [0.05, 0.1) is 0 Å². The number of rotatable bonds is 6. The highest BCUT2D eigenvalue weighted by atomic mass is 14.8. The van der Waals surface area contributed by atoms with Crippen LogP contribution in [0.2, 0.25) is 0 Å². The van der Waals surface area contributed by atoms with Gasteiger partial charge < -0.3 is 5.32 Å². The minimum Gasteiger partial charge on any atom is -0.317 e. The molecule has 14 heavy (non-hydrogen) atoms. The molecule has 0 spiro atoms. The molecule has 1 aromatic heterocycles. The van der Waals surface area contributed by atoms with Crippen molar-refractivity contribution < 1.29 is 0 Å². The number of pyridine rings is 1. The normalized spacial score (nSPS) is 10.4. The van der Waals surface area contributed by atoms with E-state index >= 15 is 0 Å². The van der Waals surface area contributed by atoms with Crippen molar-refractivity contribution in [3.63, 3.8) is 0 Å². The Kier molecular flexibility index (Phi) is 5.23. The SMILES string of the molecule is CCCNCCCc1ccc(C)nc1. The molecule has 1 rings (SSSR count). The lowest BCUT2D eigenvalue weighted by molar-refractivity contribution is 0.639. The van der Waals surface area contributed by atoms with Gasteiger partial charge in [0.15, 0.2) is 0 Å². The fourth-order valence-electron chi connectivity index (χ4n) is 1.37. The molecule has 0 saturated heterocycles. The van der Waals surface area contributed by atoms with Crippen LogP contribution in [-0.2, 0) is 6.42 Å². The maximum absolute atomic E-state index is 4.27. The van der Waals surface area contributed by atoms with Crippen LogP contribution in [0.5, 0.6) is 0 Å². The minimum atomic E-state index is 1.10. The fraction of sp³-hybridized carbons (Fsp3) is 0.583. The van der Waals surface area contributed by atoms with Crippen molar-refractivity contribution in [3.05, 3.63) is 29.6 Å². The van der Waals surface area contributed by atoms with E-state index in [4.69, 9.17) is 0 Å². The summed E-state index contributed by atoms with van der Waals surface area (Å²) < 4.78 is 0. The zero-order chi connectivity index (χ0) is 10.2. The molecule has 1 heterocycles. The number of nitrogens with one attached hydrogen (secondary N) is 1. The summed E-state index contributed by atoms with van der Waals surface area (Å²) in [5.41, 5.74) is 2.44. The molecule has 0 bridgehead atoms. The maximum Gasteiger partial charge on any atom is 0.0372 e. The van der Waals surface area contributed by atoms with Gasteiger partial charge in [0.25, 0.3) is 0 Å². The lowest BCUT2D eigenvalue weighted by atomic mass is 10.1. The Morgan fingerprint density at radius 2 is 2.14 bits per heavy atom. The van der Waals surface area contributed by atoms with E-state index in [1.54, 1.807) is 0 Å². The fourth-order valence-corrected chi connectivity index (χ4v) is 1.37. The molecule has 0 atom stereocenters. The van der Waals surface area contributed by atoms with Crippen molar-refractivity contribution in [3.8, 4) is 0 Å². The van der Waals surface area contributed by atoms with Crippen LogP contribution >= 0.6 is 0 Å². The molecule has 0 aliphatic rings. The second-order valence-electron chi connectivity index (χ2n) is 3.66. The summed E-state index contributed by atoms with van der Waals surface area (Å²) >= 11 is 0. The van der Waals surface area contributed by atoms with Gasteiger partial charge in [-0.2, -0.15) is 0 Å². The first kappa shape index (κ1) is 11.2. The minimum absolute atomic E-state index is 1.10. The zero-order valence-electron chi connectivity index (χ0n) is 9.21. The molecule has 2 nitrogen and oxygen atoms in total. The van der Waals surface area contributed by atoms with Gasteiger partial charge in [0.1, 0.15) is 0 Å². The first-order chi connectivity index (χ1) is 6.83. The van der Waals surface area contributed by atoms with Crippen molar-refractivity contribution in [2.24, 2.45) is 0 Å². The molecular weight excluding hydrogens is 172 g/mol. The van der Waals surface area contributed by atoms with E-state index in [1.807, 2.05) is 13.1 Å². The summed E-state index contributed by atoms with van der Waals surface area (Å²) in [5.74, 6) is 0. The molecule has 78 valence electrons. The zero-order valence-corrected chi connectivity index (χ0v) is 9.21. The average molecular weight is 192 g/mol. The van der Waals surface area contributed by atoms with E-state index in [9.17, 15) is 0 Å². The maximum atomic E-state index is 4.27. The Hall–Kier alpha value is -0.890. The summed E-state index contributed by atoms with van der Waals surface area (Å²) in [7, 11) is 0. The number of nitrogens with zero attached hydrogens (tertiary/aromatic N) is 1. The van der Waals surface area contributed by atoms with Crippen LogP contribution in [0.25, 0.3) is 0 Å². The number of hydrogen-bond acceptors (Lipinski definition) is 2. The van der Waals surface area contributed by atoms with E-state index < -0.39 is 0 Å². The number of hydrogen-bond donors (Lipinski definition) is 1. The standard InChI is InChI=1S/C12H20N2/c1-3-8-13-9-4-5-12-7-6-11(2)14-10-12/h6-7,10,13H,3-5,8-9H2,1-2H3. The quantitative estimate of drug-likeness (QED) is 0.700. The predicted molar refractivity (Wildman–Crippen MR) is 60.5 cm³/mol. The Morgan fingerprint density at radius 1 is 1.29 bits per heavy atom. The Balaban J connectivity index is 2.15. The van der Waals surface area contributed by atoms with Crippen molar-refractivity contribution >= 4 is 0 Å². The summed E-state index contributed by atoms with van der Waals surface area (Å²) in [5, 5.41) is 3.40. The van der Waals surface area contributed by atoms with Crippen molar-refractivity contribution in [2.75, 3.05) is 13.1 Å². The van der Waals surface area contributed by atoms with Crippen LogP contribution in [0.1, 0.15) is 31.0 Å². The van der Waals surface area contributed by atoms with Crippen LogP contribution in [-0.4, -0.2) is 18.1 Å². The lowest BCUT2D eigenvalue weighted by Crippen LogP contribution is -2.16. The molecule has 0 radical (unpaired) electrons. The molecular formula is C12H20N2. The third-order valence-corrected chi connectivity index (χ3v) is 2.22. The van der Waals surface area contributed by atoms with Crippen LogP contribution < -0.4 is 5.32 Å². The monoisotopic (exact) mass is 192 g/mol. The molecule has 1 aromatic rings. The second kappa shape index (κ2) is 6.55. The highest BCUT2D eigenvalue weighted by Gasteiger charge is 1.93. The van der Waals surface area contributed by atoms with Gasteiger partial charge in [-0.05, 0) is 50.9 Å². The Morgan fingerprint density at radius 3 is 2.79 bits per heavy atom. The summed E-state index contributed by atoms with van der Waals surface area (Å²) in [6, 6.07) is 4.25. The smallest absolute Gasteiger partial charge is 0.0372 e. The van der Waals surface area contributed by atoms with E-state index in [0.717, 1.165) is 25.2 Å². The van der Waals surface area contributed by atoms with Crippen LogP contribution in [0.4, 0.5) is 0 Å². The van der Waals surface area contributed by atoms with Gasteiger partial charge in [0, 0.05) is 11.9 Å². The second-order valence-corrected chi connectivity index (χ2v) is 3.66. The molecule has 0 fully saturated rings. The Bertz CT molecular complexity index is 241. The number of aryl methyl sites for hydroxylation is 2. The van der Waals surface area contributed by atoms with Gasteiger partial charge in [-0.15, -0.1) is 0 Å². The third kappa shape index (κ3) is 4.38. The van der Waals surface area contributed by atoms with Gasteiger partial charge >= 0.3 is 0 Å². The molecule has 0 amide bonds. The largest absolute Gasteiger partial charge is 0.317 e. The summed E-state index contributed by atoms with van der Waals surface area (Å²) in [6.07, 6.45) is 5.52. The predicted octanol–water partition coefficient (Wildman–Crippen LogP) is 2.32. The first-order valence-corrected chi connectivity index (χ1v) is 5.45. The number of aromatic nitrogens is 1. The van der Waals surface area contributed by atoms with E-state index in [0.29, 0.717) is 0 Å². The van der Waals surface area contributed by atoms with E-state index in [1.165, 1.54) is 18.4 Å². The van der Waals surface area contributed by atoms with Crippen molar-refractivity contribution in [2.45, 2.75) is 33.1 Å². The first-order valence-electron chi connectivity index (χ1n) is 5.45. The molecule has 0 saturated carbocycles. The van der Waals surface area contributed by atoms with Crippen molar-refractivity contribution in [1.82, 2.24) is 10.3 Å².